The van der Waals surface area contributed by atoms with Crippen LogP contribution >= 0.6 is 0 Å². The molecule has 3 amide bonds. The van der Waals surface area contributed by atoms with Gasteiger partial charge >= 0.3 is 6.09 Å². The van der Waals surface area contributed by atoms with Gasteiger partial charge in [0.2, 0.25) is 5.91 Å². The quantitative estimate of drug-likeness (QED) is 0.491. The van der Waals surface area contributed by atoms with Crippen LogP contribution in [-0.2, 0) is 16.1 Å². The number of carbonyl (C=O) groups is 3. The molecule has 7 nitrogen and oxygen atoms in total. The minimum absolute atomic E-state index is 0.104. The van der Waals surface area contributed by atoms with E-state index in [-0.39, 0.29) is 37.1 Å². The van der Waals surface area contributed by atoms with Gasteiger partial charge in [0.15, 0.2) is 0 Å². The summed E-state index contributed by atoms with van der Waals surface area (Å²) in [6.45, 7) is 5.82. The van der Waals surface area contributed by atoms with Crippen LogP contribution in [0.3, 0.4) is 0 Å². The maximum Gasteiger partial charge on any atom is 0.408 e. The number of nitrogens with one attached hydrogen (secondary N) is 3. The number of carbonyl (C=O) groups excluding carboxylic acids is 3. The van der Waals surface area contributed by atoms with Gasteiger partial charge in [-0.25, -0.2) is 9.18 Å². The first kappa shape index (κ1) is 24.8. The lowest BCUT2D eigenvalue weighted by Gasteiger charge is -2.23. The zero-order valence-corrected chi connectivity index (χ0v) is 18.6. The minimum Gasteiger partial charge on any atom is -0.445 e. The van der Waals surface area contributed by atoms with Crippen LogP contribution in [0.15, 0.2) is 48.5 Å². The smallest absolute Gasteiger partial charge is 0.408 e. The number of amides is 3. The van der Waals surface area contributed by atoms with Crippen molar-refractivity contribution >= 4 is 17.9 Å². The molecule has 0 fully saturated rings. The third-order valence-electron chi connectivity index (χ3n) is 5.13. The molecule has 0 saturated heterocycles. The second-order valence-corrected chi connectivity index (χ2v) is 7.58. The zero-order valence-electron chi connectivity index (χ0n) is 18.6. The van der Waals surface area contributed by atoms with Crippen molar-refractivity contribution in [1.29, 1.82) is 0 Å². The molecule has 3 N–H and O–H groups in total. The third kappa shape index (κ3) is 7.68. The van der Waals surface area contributed by atoms with Crippen molar-refractivity contribution in [2.24, 2.45) is 5.92 Å². The molecule has 2 rings (SSSR count). The van der Waals surface area contributed by atoms with Gasteiger partial charge in [-0.05, 0) is 36.1 Å². The van der Waals surface area contributed by atoms with Crippen LogP contribution < -0.4 is 16.0 Å². The average Bonchev–Trinajstić information content (AvgIpc) is 2.80. The first-order valence-corrected chi connectivity index (χ1v) is 10.6. The van der Waals surface area contributed by atoms with Gasteiger partial charge in [0.05, 0.1) is 0 Å². The van der Waals surface area contributed by atoms with E-state index in [2.05, 4.69) is 16.0 Å². The molecule has 8 heteroatoms. The molecule has 0 radical (unpaired) electrons. The van der Waals surface area contributed by atoms with Gasteiger partial charge in [-0.15, -0.1) is 0 Å². The second kappa shape index (κ2) is 12.4. The molecule has 0 heterocycles. The summed E-state index contributed by atoms with van der Waals surface area (Å²) in [6.07, 6.45) is -0.00346. The van der Waals surface area contributed by atoms with Gasteiger partial charge in [0.25, 0.3) is 5.91 Å². The van der Waals surface area contributed by atoms with E-state index in [4.69, 9.17) is 4.74 Å². The molecule has 0 bridgehead atoms. The summed E-state index contributed by atoms with van der Waals surface area (Å²) in [4.78, 5) is 36.9. The average molecular weight is 444 g/mol. The van der Waals surface area contributed by atoms with Gasteiger partial charge in [-0.3, -0.25) is 9.59 Å². The number of aryl methyl sites for hydroxylation is 1. The molecule has 0 spiro atoms. The predicted octanol–water partition coefficient (Wildman–Crippen LogP) is 3.32. The number of hydrogen-bond acceptors (Lipinski definition) is 4. The molecular formula is C24H30FN3O4. The first-order valence-electron chi connectivity index (χ1n) is 10.6. The van der Waals surface area contributed by atoms with Crippen molar-refractivity contribution < 1.29 is 23.5 Å². The Morgan fingerprint density at radius 2 is 1.72 bits per heavy atom. The number of alkyl carbamates (subject to hydrolysis) is 1. The number of benzene rings is 2. The fourth-order valence-electron chi connectivity index (χ4n) is 2.90. The Hall–Kier alpha value is -3.42. The van der Waals surface area contributed by atoms with Gasteiger partial charge < -0.3 is 20.7 Å². The van der Waals surface area contributed by atoms with Crippen LogP contribution in [0.1, 0.15) is 41.8 Å². The van der Waals surface area contributed by atoms with Crippen LogP contribution in [-0.4, -0.2) is 37.0 Å². The number of rotatable bonds is 10. The van der Waals surface area contributed by atoms with E-state index in [1.807, 2.05) is 44.2 Å². The molecule has 0 aliphatic carbocycles. The van der Waals surface area contributed by atoms with E-state index in [0.717, 1.165) is 5.56 Å². The Morgan fingerprint density at radius 1 is 1.03 bits per heavy atom. The van der Waals surface area contributed by atoms with Crippen LogP contribution in [0.5, 0.6) is 0 Å². The highest BCUT2D eigenvalue weighted by molar-refractivity contribution is 5.94. The Bertz CT molecular complexity index is 921. The zero-order chi connectivity index (χ0) is 23.5. The van der Waals surface area contributed by atoms with Crippen LogP contribution in [0.25, 0.3) is 0 Å². The molecule has 0 aliphatic rings. The van der Waals surface area contributed by atoms with E-state index in [0.29, 0.717) is 12.0 Å². The third-order valence-corrected chi connectivity index (χ3v) is 5.13. The lowest BCUT2D eigenvalue weighted by atomic mass is 9.98. The molecular weight excluding hydrogens is 413 g/mol. The highest BCUT2D eigenvalue weighted by Gasteiger charge is 2.26. The number of hydrogen-bond donors (Lipinski definition) is 3. The fraction of sp³-hybridized carbons (Fsp3) is 0.375. The summed E-state index contributed by atoms with van der Waals surface area (Å²) in [7, 11) is 0. The van der Waals surface area contributed by atoms with Gasteiger partial charge in [0.1, 0.15) is 18.5 Å². The maximum atomic E-state index is 13.6. The van der Waals surface area contributed by atoms with Crippen molar-refractivity contribution in [3.05, 3.63) is 71.0 Å². The van der Waals surface area contributed by atoms with Crippen molar-refractivity contribution in [3.8, 4) is 0 Å². The van der Waals surface area contributed by atoms with E-state index in [1.54, 1.807) is 6.92 Å². The summed E-state index contributed by atoms with van der Waals surface area (Å²) in [5.41, 5.74) is 1.51. The monoisotopic (exact) mass is 443 g/mol. The highest BCUT2D eigenvalue weighted by atomic mass is 19.1. The molecule has 0 saturated carbocycles. The Kier molecular flexibility index (Phi) is 9.66. The molecule has 172 valence electrons. The van der Waals surface area contributed by atoms with Gasteiger partial charge in [-0.2, -0.15) is 0 Å². The normalized spacial score (nSPS) is 12.4. The molecule has 2 aromatic carbocycles. The Balaban J connectivity index is 1.80. The summed E-state index contributed by atoms with van der Waals surface area (Å²) in [5.74, 6) is -1.37. The van der Waals surface area contributed by atoms with Crippen molar-refractivity contribution in [1.82, 2.24) is 16.0 Å². The highest BCUT2D eigenvalue weighted by Crippen LogP contribution is 2.10. The van der Waals surface area contributed by atoms with Crippen LogP contribution in [0.4, 0.5) is 9.18 Å². The van der Waals surface area contributed by atoms with Crippen LogP contribution in [0, 0.1) is 18.7 Å². The summed E-state index contributed by atoms with van der Waals surface area (Å²) < 4.78 is 18.8. The summed E-state index contributed by atoms with van der Waals surface area (Å²) in [5, 5.41) is 7.96. The molecule has 2 atom stereocenters. The van der Waals surface area contributed by atoms with Crippen LogP contribution in [0.2, 0.25) is 0 Å². The Morgan fingerprint density at radius 3 is 2.38 bits per heavy atom. The van der Waals surface area contributed by atoms with E-state index >= 15 is 0 Å². The molecule has 2 aromatic rings. The first-order chi connectivity index (χ1) is 15.3. The van der Waals surface area contributed by atoms with Gasteiger partial charge in [-0.1, -0.05) is 56.7 Å². The largest absolute Gasteiger partial charge is 0.445 e. The lowest BCUT2D eigenvalue weighted by molar-refractivity contribution is -0.124. The second-order valence-electron chi connectivity index (χ2n) is 7.58. The summed E-state index contributed by atoms with van der Waals surface area (Å²) >= 11 is 0. The van der Waals surface area contributed by atoms with Crippen molar-refractivity contribution in [3.63, 3.8) is 0 Å². The van der Waals surface area contributed by atoms with E-state index in [9.17, 15) is 18.8 Å². The summed E-state index contributed by atoms with van der Waals surface area (Å²) in [6, 6.07) is 12.7. The van der Waals surface area contributed by atoms with E-state index < -0.39 is 23.9 Å². The molecule has 0 aliphatic heterocycles. The molecule has 0 aromatic heterocycles. The standard InChI is InChI=1S/C24H30FN3O4/c1-4-16(2)21(28-24(31)32-15-18-8-6-5-7-9-18)23(30)27-13-12-26-22(29)19-11-10-17(3)20(25)14-19/h5-11,14,16,21H,4,12-13,15H2,1-3H3,(H,26,29)(H,27,30)(H,28,31)/t16-,21-/m0/s1. The van der Waals surface area contributed by atoms with E-state index in [1.165, 1.54) is 18.2 Å². The lowest BCUT2D eigenvalue weighted by Crippen LogP contribution is -2.51. The Labute approximate surface area is 187 Å². The van der Waals surface area contributed by atoms with Crippen molar-refractivity contribution in [2.45, 2.75) is 39.8 Å². The predicted molar refractivity (Wildman–Crippen MR) is 119 cm³/mol. The number of ether oxygens (including phenoxy) is 1. The van der Waals surface area contributed by atoms with Gasteiger partial charge in [0, 0.05) is 18.7 Å². The minimum atomic E-state index is -0.773. The molecule has 32 heavy (non-hydrogen) atoms. The van der Waals surface area contributed by atoms with Crippen molar-refractivity contribution in [2.75, 3.05) is 13.1 Å². The SMILES string of the molecule is CC[C@H](C)[C@H](NC(=O)OCc1ccccc1)C(=O)NCCNC(=O)c1ccc(C)c(F)c1. The topological polar surface area (TPSA) is 96.5 Å². The maximum absolute atomic E-state index is 13.6. The fourth-order valence-corrected chi connectivity index (χ4v) is 2.90. The number of halogens is 1. The molecule has 0 unspecified atom stereocenters.